The molecule has 1 rings (SSSR count). The quantitative estimate of drug-likeness (QED) is 0.642. The minimum absolute atomic E-state index is 0.756. The molecule has 1 aliphatic rings. The summed E-state index contributed by atoms with van der Waals surface area (Å²) in [7, 11) is 0. The molecule has 14 heavy (non-hydrogen) atoms. The van der Waals surface area contributed by atoms with Crippen molar-refractivity contribution in [3.05, 3.63) is 0 Å². The minimum Gasteiger partial charge on any atom is -0.313 e. The van der Waals surface area contributed by atoms with Crippen molar-refractivity contribution >= 4 is 0 Å². The van der Waals surface area contributed by atoms with Crippen LogP contribution in [0.15, 0.2) is 0 Å². The van der Waals surface area contributed by atoms with Gasteiger partial charge in [0.25, 0.3) is 0 Å². The molecule has 1 saturated carbocycles. The molecule has 0 aliphatic heterocycles. The van der Waals surface area contributed by atoms with Gasteiger partial charge < -0.3 is 10.2 Å². The van der Waals surface area contributed by atoms with Gasteiger partial charge in [-0.3, -0.25) is 0 Å². The second-order valence-corrected chi connectivity index (χ2v) is 4.39. The highest BCUT2D eigenvalue weighted by molar-refractivity contribution is 4.88. The maximum Gasteiger partial charge on any atom is 0.0223 e. The van der Waals surface area contributed by atoms with E-state index in [2.05, 4.69) is 31.0 Å². The first kappa shape index (κ1) is 12.0. The van der Waals surface area contributed by atoms with Crippen LogP contribution in [-0.4, -0.2) is 37.1 Å². The third-order valence-corrected chi connectivity index (χ3v) is 3.10. The molecule has 0 radical (unpaired) electrons. The SMILES string of the molecule is CCCN(CC)CC(NCC)C1CC1. The van der Waals surface area contributed by atoms with Gasteiger partial charge in [0.15, 0.2) is 0 Å². The topological polar surface area (TPSA) is 15.3 Å². The summed E-state index contributed by atoms with van der Waals surface area (Å²) in [6.45, 7) is 11.6. The van der Waals surface area contributed by atoms with E-state index in [4.69, 9.17) is 0 Å². The number of nitrogens with one attached hydrogen (secondary N) is 1. The van der Waals surface area contributed by atoms with Crippen molar-refractivity contribution in [3.8, 4) is 0 Å². The molecule has 1 atom stereocenters. The molecule has 1 unspecified atom stereocenters. The van der Waals surface area contributed by atoms with Crippen LogP contribution in [0, 0.1) is 5.92 Å². The third kappa shape index (κ3) is 3.97. The fraction of sp³-hybridized carbons (Fsp3) is 1.00. The van der Waals surface area contributed by atoms with Gasteiger partial charge in [-0.25, -0.2) is 0 Å². The van der Waals surface area contributed by atoms with Crippen LogP contribution in [0.5, 0.6) is 0 Å². The van der Waals surface area contributed by atoms with E-state index in [-0.39, 0.29) is 0 Å². The molecule has 1 N–H and O–H groups in total. The molecule has 84 valence electrons. The highest BCUT2D eigenvalue weighted by atomic mass is 15.1. The van der Waals surface area contributed by atoms with Gasteiger partial charge in [0.2, 0.25) is 0 Å². The number of hydrogen-bond acceptors (Lipinski definition) is 2. The molecule has 0 aromatic rings. The minimum atomic E-state index is 0.756. The zero-order chi connectivity index (χ0) is 10.4. The molecule has 0 aromatic heterocycles. The third-order valence-electron chi connectivity index (χ3n) is 3.10. The zero-order valence-electron chi connectivity index (χ0n) is 10.1. The van der Waals surface area contributed by atoms with Crippen LogP contribution < -0.4 is 5.32 Å². The van der Waals surface area contributed by atoms with Gasteiger partial charge in [-0.05, 0) is 44.8 Å². The zero-order valence-corrected chi connectivity index (χ0v) is 10.1. The number of hydrogen-bond donors (Lipinski definition) is 1. The molecule has 1 aliphatic carbocycles. The molecular weight excluding hydrogens is 172 g/mol. The monoisotopic (exact) mass is 198 g/mol. The summed E-state index contributed by atoms with van der Waals surface area (Å²) in [6, 6.07) is 0.756. The predicted molar refractivity (Wildman–Crippen MR) is 62.6 cm³/mol. The molecule has 1 fully saturated rings. The summed E-state index contributed by atoms with van der Waals surface area (Å²) in [5.74, 6) is 0.973. The van der Waals surface area contributed by atoms with Gasteiger partial charge in [0.05, 0.1) is 0 Å². The van der Waals surface area contributed by atoms with Crippen LogP contribution in [0.3, 0.4) is 0 Å². The number of nitrogens with zero attached hydrogens (tertiary/aromatic N) is 1. The van der Waals surface area contributed by atoms with Crippen LogP contribution in [0.25, 0.3) is 0 Å². The summed E-state index contributed by atoms with van der Waals surface area (Å²) < 4.78 is 0. The van der Waals surface area contributed by atoms with Crippen LogP contribution in [0.4, 0.5) is 0 Å². The van der Waals surface area contributed by atoms with E-state index in [1.165, 1.54) is 38.9 Å². The first-order valence-electron chi connectivity index (χ1n) is 6.27. The van der Waals surface area contributed by atoms with E-state index >= 15 is 0 Å². The van der Waals surface area contributed by atoms with E-state index in [0.717, 1.165) is 18.5 Å². The molecule has 2 heteroatoms. The van der Waals surface area contributed by atoms with Crippen molar-refractivity contribution in [2.24, 2.45) is 5.92 Å². The van der Waals surface area contributed by atoms with Crippen molar-refractivity contribution in [3.63, 3.8) is 0 Å². The van der Waals surface area contributed by atoms with Crippen LogP contribution in [-0.2, 0) is 0 Å². The second kappa shape index (κ2) is 6.41. The van der Waals surface area contributed by atoms with E-state index in [0.29, 0.717) is 0 Å². The van der Waals surface area contributed by atoms with E-state index in [1.54, 1.807) is 0 Å². The Balaban J connectivity index is 2.27. The Morgan fingerprint density at radius 3 is 2.43 bits per heavy atom. The standard InChI is InChI=1S/C12H26N2/c1-4-9-14(6-3)10-12(13-5-2)11-7-8-11/h11-13H,4-10H2,1-3H3. The lowest BCUT2D eigenvalue weighted by atomic mass is 10.1. The van der Waals surface area contributed by atoms with Crippen molar-refractivity contribution in [1.29, 1.82) is 0 Å². The first-order chi connectivity index (χ1) is 6.81. The molecule has 0 spiro atoms. The summed E-state index contributed by atoms with van der Waals surface area (Å²) in [5, 5.41) is 3.63. The Kier molecular flexibility index (Phi) is 5.49. The van der Waals surface area contributed by atoms with Crippen molar-refractivity contribution in [2.45, 2.75) is 46.1 Å². The molecule has 0 aromatic carbocycles. The van der Waals surface area contributed by atoms with Gasteiger partial charge in [0.1, 0.15) is 0 Å². The first-order valence-corrected chi connectivity index (χ1v) is 6.27. The lowest BCUT2D eigenvalue weighted by Gasteiger charge is -2.26. The summed E-state index contributed by atoms with van der Waals surface area (Å²) in [6.07, 6.45) is 4.17. The molecular formula is C12H26N2. The normalized spacial score (nSPS) is 18.9. The van der Waals surface area contributed by atoms with Crippen molar-refractivity contribution in [1.82, 2.24) is 10.2 Å². The molecule has 0 heterocycles. The maximum absolute atomic E-state index is 3.63. The maximum atomic E-state index is 3.63. The highest BCUT2D eigenvalue weighted by Gasteiger charge is 2.31. The van der Waals surface area contributed by atoms with Gasteiger partial charge >= 0.3 is 0 Å². The second-order valence-electron chi connectivity index (χ2n) is 4.39. The van der Waals surface area contributed by atoms with Crippen LogP contribution >= 0.6 is 0 Å². The Morgan fingerprint density at radius 1 is 1.29 bits per heavy atom. The van der Waals surface area contributed by atoms with Gasteiger partial charge in [-0.15, -0.1) is 0 Å². The lowest BCUT2D eigenvalue weighted by molar-refractivity contribution is 0.242. The van der Waals surface area contributed by atoms with Gasteiger partial charge in [0, 0.05) is 12.6 Å². The number of rotatable bonds is 8. The molecule has 0 saturated heterocycles. The Labute approximate surface area is 89.1 Å². The predicted octanol–water partition coefficient (Wildman–Crippen LogP) is 2.11. The smallest absolute Gasteiger partial charge is 0.0223 e. The summed E-state index contributed by atoms with van der Waals surface area (Å²) in [4.78, 5) is 2.58. The summed E-state index contributed by atoms with van der Waals surface area (Å²) in [5.41, 5.74) is 0. The summed E-state index contributed by atoms with van der Waals surface area (Å²) >= 11 is 0. The van der Waals surface area contributed by atoms with E-state index < -0.39 is 0 Å². The van der Waals surface area contributed by atoms with E-state index in [9.17, 15) is 0 Å². The molecule has 2 nitrogen and oxygen atoms in total. The molecule has 0 amide bonds. The largest absolute Gasteiger partial charge is 0.313 e. The van der Waals surface area contributed by atoms with Crippen LogP contribution in [0.1, 0.15) is 40.0 Å². The Bertz CT molecular complexity index is 143. The van der Waals surface area contributed by atoms with E-state index in [1.807, 2.05) is 0 Å². The van der Waals surface area contributed by atoms with Crippen molar-refractivity contribution in [2.75, 3.05) is 26.2 Å². The average Bonchev–Trinajstić information content (AvgIpc) is 2.99. The van der Waals surface area contributed by atoms with Gasteiger partial charge in [-0.2, -0.15) is 0 Å². The highest BCUT2D eigenvalue weighted by Crippen LogP contribution is 2.32. The average molecular weight is 198 g/mol. The molecule has 0 bridgehead atoms. The lowest BCUT2D eigenvalue weighted by Crippen LogP contribution is -2.42. The Hall–Kier alpha value is -0.0800. The fourth-order valence-electron chi connectivity index (χ4n) is 2.11. The number of likely N-dealkylation sites (N-methyl/N-ethyl adjacent to an activating group) is 2. The van der Waals surface area contributed by atoms with Crippen LogP contribution in [0.2, 0.25) is 0 Å². The van der Waals surface area contributed by atoms with Crippen molar-refractivity contribution < 1.29 is 0 Å². The fourth-order valence-corrected chi connectivity index (χ4v) is 2.11. The Morgan fingerprint density at radius 2 is 2.00 bits per heavy atom. The van der Waals surface area contributed by atoms with Gasteiger partial charge in [-0.1, -0.05) is 20.8 Å².